The summed E-state index contributed by atoms with van der Waals surface area (Å²) >= 11 is 0. The number of amides is 2. The zero-order chi connectivity index (χ0) is 19.1. The van der Waals surface area contributed by atoms with E-state index in [0.29, 0.717) is 38.0 Å². The molecule has 4 heteroatoms. The van der Waals surface area contributed by atoms with E-state index >= 15 is 0 Å². The summed E-state index contributed by atoms with van der Waals surface area (Å²) in [7, 11) is 0. The second-order valence-electron chi connectivity index (χ2n) is 8.37. The third-order valence-electron chi connectivity index (χ3n) is 6.57. The molecule has 4 nitrogen and oxygen atoms in total. The predicted molar refractivity (Wildman–Crippen MR) is 108 cm³/mol. The summed E-state index contributed by atoms with van der Waals surface area (Å²) < 4.78 is 0. The Balaban J connectivity index is 1.12. The van der Waals surface area contributed by atoms with Crippen LogP contribution in [0.15, 0.2) is 60.7 Å². The lowest BCUT2D eigenvalue weighted by Gasteiger charge is -2.35. The van der Waals surface area contributed by atoms with Gasteiger partial charge in [-0.2, -0.15) is 0 Å². The second kappa shape index (κ2) is 7.08. The number of carbonyl (C=O) groups excluding carboxylic acids is 2. The van der Waals surface area contributed by atoms with Gasteiger partial charge in [-0.1, -0.05) is 60.7 Å². The normalized spacial score (nSPS) is 28.7. The number of hydrogen-bond donors (Lipinski definition) is 0. The zero-order valence-electron chi connectivity index (χ0n) is 16.0. The Bertz CT molecular complexity index is 785. The Morgan fingerprint density at radius 1 is 0.607 bits per heavy atom. The molecule has 4 atom stereocenters. The summed E-state index contributed by atoms with van der Waals surface area (Å²) in [6.45, 7) is 2.69. The Hall–Kier alpha value is -2.62. The van der Waals surface area contributed by atoms with Gasteiger partial charge in [0.25, 0.3) is 0 Å². The molecule has 3 aliphatic rings. The molecule has 0 unspecified atom stereocenters. The van der Waals surface area contributed by atoms with Gasteiger partial charge in [0.1, 0.15) is 0 Å². The standard InChI is InChI=1S/C24H26N2O2/c27-23(21-15-19(21)17-7-3-1-4-8-17)25-11-13-26(14-12-25)24(28)22-16-20(22)18-9-5-2-6-10-18/h1-10,19-22H,11-16H2/t19-,20+,21-,22+. The van der Waals surface area contributed by atoms with E-state index in [9.17, 15) is 9.59 Å². The van der Waals surface area contributed by atoms with Gasteiger partial charge < -0.3 is 9.80 Å². The summed E-state index contributed by atoms with van der Waals surface area (Å²) in [4.78, 5) is 29.6. The molecule has 0 radical (unpaired) electrons. The molecule has 144 valence electrons. The van der Waals surface area contributed by atoms with Crippen LogP contribution in [0.1, 0.15) is 35.8 Å². The number of hydrogen-bond acceptors (Lipinski definition) is 2. The molecule has 2 saturated carbocycles. The van der Waals surface area contributed by atoms with Crippen molar-refractivity contribution in [2.45, 2.75) is 24.7 Å². The van der Waals surface area contributed by atoms with Crippen LogP contribution in [-0.2, 0) is 9.59 Å². The molecular formula is C24H26N2O2. The molecule has 3 fully saturated rings. The van der Waals surface area contributed by atoms with Crippen LogP contribution in [0.25, 0.3) is 0 Å². The van der Waals surface area contributed by atoms with Crippen molar-refractivity contribution in [3.8, 4) is 0 Å². The molecule has 0 bridgehead atoms. The van der Waals surface area contributed by atoms with E-state index in [1.54, 1.807) is 0 Å². The number of nitrogens with zero attached hydrogens (tertiary/aromatic N) is 2. The Morgan fingerprint density at radius 2 is 0.964 bits per heavy atom. The highest BCUT2D eigenvalue weighted by Crippen LogP contribution is 2.49. The maximum absolute atomic E-state index is 12.8. The Labute approximate surface area is 166 Å². The van der Waals surface area contributed by atoms with Gasteiger partial charge in [0.15, 0.2) is 0 Å². The van der Waals surface area contributed by atoms with Crippen molar-refractivity contribution in [3.63, 3.8) is 0 Å². The lowest BCUT2D eigenvalue weighted by atomic mass is 10.1. The maximum Gasteiger partial charge on any atom is 0.226 e. The zero-order valence-corrected chi connectivity index (χ0v) is 16.0. The van der Waals surface area contributed by atoms with Crippen molar-refractivity contribution in [2.75, 3.05) is 26.2 Å². The lowest BCUT2D eigenvalue weighted by molar-refractivity contribution is -0.141. The largest absolute Gasteiger partial charge is 0.339 e. The third kappa shape index (κ3) is 3.32. The first kappa shape index (κ1) is 17.5. The average Bonchev–Trinajstić information content (AvgIpc) is 3.68. The van der Waals surface area contributed by atoms with Crippen LogP contribution in [0.2, 0.25) is 0 Å². The molecule has 1 aliphatic heterocycles. The molecule has 2 aromatic carbocycles. The van der Waals surface area contributed by atoms with E-state index in [-0.39, 0.29) is 23.7 Å². The van der Waals surface area contributed by atoms with Gasteiger partial charge in [-0.05, 0) is 35.8 Å². The first-order chi connectivity index (χ1) is 13.7. The minimum Gasteiger partial charge on any atom is -0.339 e. The molecule has 0 spiro atoms. The summed E-state index contributed by atoms with van der Waals surface area (Å²) in [5.41, 5.74) is 2.55. The first-order valence-corrected chi connectivity index (χ1v) is 10.4. The van der Waals surface area contributed by atoms with Gasteiger partial charge in [0.05, 0.1) is 0 Å². The second-order valence-corrected chi connectivity index (χ2v) is 8.37. The van der Waals surface area contributed by atoms with Crippen molar-refractivity contribution in [1.82, 2.24) is 9.80 Å². The van der Waals surface area contributed by atoms with E-state index in [4.69, 9.17) is 0 Å². The molecule has 5 rings (SSSR count). The van der Waals surface area contributed by atoms with Crippen LogP contribution in [0.5, 0.6) is 0 Å². The fourth-order valence-electron chi connectivity index (χ4n) is 4.69. The van der Waals surface area contributed by atoms with Gasteiger partial charge in [0.2, 0.25) is 11.8 Å². The molecular weight excluding hydrogens is 348 g/mol. The summed E-state index contributed by atoms with van der Waals surface area (Å²) in [6, 6.07) is 20.7. The highest BCUT2D eigenvalue weighted by Gasteiger charge is 2.48. The van der Waals surface area contributed by atoms with Crippen molar-refractivity contribution in [3.05, 3.63) is 71.8 Å². The van der Waals surface area contributed by atoms with Gasteiger partial charge in [-0.25, -0.2) is 0 Å². The SMILES string of the molecule is O=C([C@H]1C[C@H]1c1ccccc1)N1CCN(C(=O)[C@@H]2C[C@@H]2c2ccccc2)CC1. The van der Waals surface area contributed by atoms with Crippen LogP contribution in [0.4, 0.5) is 0 Å². The topological polar surface area (TPSA) is 40.6 Å². The fourth-order valence-corrected chi connectivity index (χ4v) is 4.69. The minimum absolute atomic E-state index is 0.135. The van der Waals surface area contributed by atoms with E-state index in [1.165, 1.54) is 11.1 Å². The van der Waals surface area contributed by atoms with Crippen LogP contribution < -0.4 is 0 Å². The summed E-state index contributed by atoms with van der Waals surface area (Å²) in [5.74, 6) is 1.58. The smallest absolute Gasteiger partial charge is 0.226 e. The number of rotatable bonds is 4. The predicted octanol–water partition coefficient (Wildman–Crippen LogP) is 3.26. The van der Waals surface area contributed by atoms with Crippen LogP contribution in [0.3, 0.4) is 0 Å². The highest BCUT2D eigenvalue weighted by molar-refractivity contribution is 5.85. The van der Waals surface area contributed by atoms with Gasteiger partial charge in [-0.3, -0.25) is 9.59 Å². The molecule has 28 heavy (non-hydrogen) atoms. The number of piperazine rings is 1. The van der Waals surface area contributed by atoms with Crippen molar-refractivity contribution in [1.29, 1.82) is 0 Å². The van der Waals surface area contributed by atoms with E-state index in [2.05, 4.69) is 24.3 Å². The van der Waals surface area contributed by atoms with Gasteiger partial charge >= 0.3 is 0 Å². The molecule has 0 N–H and O–H groups in total. The maximum atomic E-state index is 12.8. The average molecular weight is 374 g/mol. The van der Waals surface area contributed by atoms with Crippen LogP contribution >= 0.6 is 0 Å². The van der Waals surface area contributed by atoms with E-state index in [1.807, 2.05) is 46.2 Å². The van der Waals surface area contributed by atoms with Crippen LogP contribution in [0, 0.1) is 11.8 Å². The molecule has 2 aromatic rings. The van der Waals surface area contributed by atoms with E-state index < -0.39 is 0 Å². The van der Waals surface area contributed by atoms with Gasteiger partial charge in [0, 0.05) is 38.0 Å². The first-order valence-electron chi connectivity index (χ1n) is 10.4. The third-order valence-corrected chi connectivity index (χ3v) is 6.57. The quantitative estimate of drug-likeness (QED) is 0.824. The number of benzene rings is 2. The minimum atomic E-state index is 0.135. The summed E-state index contributed by atoms with van der Waals surface area (Å²) in [6.07, 6.45) is 1.92. The Morgan fingerprint density at radius 3 is 1.32 bits per heavy atom. The fraction of sp³-hybridized carbons (Fsp3) is 0.417. The lowest BCUT2D eigenvalue weighted by Crippen LogP contribution is -2.51. The molecule has 2 amide bonds. The number of carbonyl (C=O) groups is 2. The van der Waals surface area contributed by atoms with Crippen molar-refractivity contribution in [2.24, 2.45) is 11.8 Å². The molecule has 1 saturated heterocycles. The van der Waals surface area contributed by atoms with Crippen molar-refractivity contribution >= 4 is 11.8 Å². The summed E-state index contributed by atoms with van der Waals surface area (Å²) in [5, 5.41) is 0. The molecule has 0 aromatic heterocycles. The van der Waals surface area contributed by atoms with E-state index in [0.717, 1.165) is 12.8 Å². The monoisotopic (exact) mass is 374 g/mol. The van der Waals surface area contributed by atoms with Gasteiger partial charge in [-0.15, -0.1) is 0 Å². The molecule has 2 aliphatic carbocycles. The molecule has 1 heterocycles. The Kier molecular flexibility index (Phi) is 4.42. The van der Waals surface area contributed by atoms with Crippen LogP contribution in [-0.4, -0.2) is 47.8 Å². The van der Waals surface area contributed by atoms with Crippen molar-refractivity contribution < 1.29 is 9.59 Å². The highest BCUT2D eigenvalue weighted by atomic mass is 16.2.